The van der Waals surface area contributed by atoms with E-state index in [0.717, 1.165) is 53.9 Å². The lowest BCUT2D eigenvalue weighted by molar-refractivity contribution is -0.384. The van der Waals surface area contributed by atoms with Crippen molar-refractivity contribution in [1.82, 2.24) is 4.90 Å². The van der Waals surface area contributed by atoms with Gasteiger partial charge in [-0.1, -0.05) is 42.5 Å². The Bertz CT molecular complexity index is 1300. The van der Waals surface area contributed by atoms with Crippen molar-refractivity contribution in [2.24, 2.45) is 4.99 Å². The molecular formula is C27H24N4O4S. The Kier molecular flexibility index (Phi) is 6.99. The maximum Gasteiger partial charge on any atom is 0.286 e. The Balaban J connectivity index is 1.15. The van der Waals surface area contributed by atoms with Crippen LogP contribution in [-0.2, 0) is 11.4 Å². The Hall–Kier alpha value is -4.11. The van der Waals surface area contributed by atoms with E-state index in [9.17, 15) is 14.9 Å². The van der Waals surface area contributed by atoms with Crippen molar-refractivity contribution < 1.29 is 14.5 Å². The zero-order valence-corrected chi connectivity index (χ0v) is 20.3. The summed E-state index contributed by atoms with van der Waals surface area (Å²) in [5.41, 5.74) is 3.06. The van der Waals surface area contributed by atoms with E-state index in [1.165, 1.54) is 23.9 Å². The Morgan fingerprint density at radius 2 is 1.58 bits per heavy atom. The van der Waals surface area contributed by atoms with Gasteiger partial charge in [-0.25, -0.2) is 0 Å². The SMILES string of the molecule is O=C1N=C(N2CCN(c3ccc([N+](=O)[O-])cc3)CC2)SC1=Cc1ccc(OCc2ccccc2)cc1. The standard InChI is InChI=1S/C27H24N4O4S/c32-26-25(18-20-6-12-24(13-7-20)35-19-21-4-2-1-3-5-21)36-27(28-26)30-16-14-29(15-17-30)22-8-10-23(11-9-22)31(33)34/h1-13,18H,14-17,19H2. The van der Waals surface area contributed by atoms with E-state index in [4.69, 9.17) is 4.74 Å². The van der Waals surface area contributed by atoms with E-state index in [1.54, 1.807) is 12.1 Å². The number of nitrogens with zero attached hydrogens (tertiary/aromatic N) is 4. The maximum absolute atomic E-state index is 12.5. The number of anilines is 1. The number of ether oxygens (including phenoxy) is 1. The average Bonchev–Trinajstić information content (AvgIpc) is 3.29. The number of rotatable bonds is 6. The molecule has 0 spiro atoms. The molecule has 2 aliphatic heterocycles. The number of amidine groups is 1. The average molecular weight is 501 g/mol. The lowest BCUT2D eigenvalue weighted by atomic mass is 10.2. The second-order valence-corrected chi connectivity index (χ2v) is 9.41. The molecule has 182 valence electrons. The monoisotopic (exact) mass is 500 g/mol. The van der Waals surface area contributed by atoms with Gasteiger partial charge >= 0.3 is 0 Å². The predicted octanol–water partition coefficient (Wildman–Crippen LogP) is 4.97. The molecule has 0 aliphatic carbocycles. The number of non-ortho nitro benzene ring substituents is 1. The summed E-state index contributed by atoms with van der Waals surface area (Å²) in [6.45, 7) is 3.43. The highest BCUT2D eigenvalue weighted by Crippen LogP contribution is 2.31. The molecule has 3 aromatic rings. The van der Waals surface area contributed by atoms with Crippen molar-refractivity contribution in [3.63, 3.8) is 0 Å². The first-order valence-electron chi connectivity index (χ1n) is 11.6. The zero-order valence-electron chi connectivity index (χ0n) is 19.4. The molecular weight excluding hydrogens is 476 g/mol. The quantitative estimate of drug-likeness (QED) is 0.268. The van der Waals surface area contributed by atoms with Crippen LogP contribution in [-0.4, -0.2) is 47.1 Å². The second-order valence-electron chi connectivity index (χ2n) is 8.40. The van der Waals surface area contributed by atoms with Crippen molar-refractivity contribution in [1.29, 1.82) is 0 Å². The number of carbonyl (C=O) groups is 1. The molecule has 8 nitrogen and oxygen atoms in total. The lowest BCUT2D eigenvalue weighted by Gasteiger charge is -2.36. The number of thioether (sulfide) groups is 1. The molecule has 0 unspecified atom stereocenters. The van der Waals surface area contributed by atoms with Gasteiger partial charge in [0.1, 0.15) is 12.4 Å². The molecule has 3 aromatic carbocycles. The van der Waals surface area contributed by atoms with E-state index in [1.807, 2.05) is 60.7 Å². The van der Waals surface area contributed by atoms with Crippen molar-refractivity contribution in [3.05, 3.63) is 105 Å². The van der Waals surface area contributed by atoms with Crippen LogP contribution in [0.25, 0.3) is 6.08 Å². The lowest BCUT2D eigenvalue weighted by Crippen LogP contribution is -2.47. The van der Waals surface area contributed by atoms with Crippen LogP contribution in [0.2, 0.25) is 0 Å². The topological polar surface area (TPSA) is 88.3 Å². The molecule has 0 atom stereocenters. The minimum absolute atomic E-state index is 0.0845. The minimum atomic E-state index is -0.395. The highest BCUT2D eigenvalue weighted by molar-refractivity contribution is 8.18. The summed E-state index contributed by atoms with van der Waals surface area (Å²) >= 11 is 1.40. The fourth-order valence-electron chi connectivity index (χ4n) is 4.03. The number of amides is 1. The third-order valence-corrected chi connectivity index (χ3v) is 7.06. The number of benzene rings is 3. The summed E-state index contributed by atoms with van der Waals surface area (Å²) in [6, 6.07) is 24.3. The number of piperazine rings is 1. The molecule has 1 amide bonds. The number of hydrogen-bond acceptors (Lipinski definition) is 7. The summed E-state index contributed by atoms with van der Waals surface area (Å²) in [6.07, 6.45) is 1.86. The van der Waals surface area contributed by atoms with Crippen LogP contribution in [0.1, 0.15) is 11.1 Å². The largest absolute Gasteiger partial charge is 0.489 e. The van der Waals surface area contributed by atoms with Crippen molar-refractivity contribution in [2.45, 2.75) is 6.61 Å². The number of aliphatic imine (C=N–C) groups is 1. The number of nitro benzene ring substituents is 1. The van der Waals surface area contributed by atoms with Gasteiger partial charge in [0.05, 0.1) is 9.83 Å². The Labute approximate surface area is 213 Å². The van der Waals surface area contributed by atoms with Crippen molar-refractivity contribution in [3.8, 4) is 5.75 Å². The van der Waals surface area contributed by atoms with Gasteiger partial charge in [0.15, 0.2) is 5.17 Å². The molecule has 0 bridgehead atoms. The maximum atomic E-state index is 12.5. The van der Waals surface area contributed by atoms with Gasteiger partial charge in [0.2, 0.25) is 0 Å². The highest BCUT2D eigenvalue weighted by atomic mass is 32.2. The number of carbonyl (C=O) groups excluding carboxylic acids is 1. The number of hydrogen-bond donors (Lipinski definition) is 0. The third-order valence-electron chi connectivity index (χ3n) is 6.01. The molecule has 1 fully saturated rings. The molecule has 0 radical (unpaired) electrons. The van der Waals surface area contributed by atoms with Crippen LogP contribution in [0.4, 0.5) is 11.4 Å². The normalized spacial score (nSPS) is 16.8. The summed E-state index contributed by atoms with van der Waals surface area (Å²) in [7, 11) is 0. The third kappa shape index (κ3) is 5.58. The number of nitro groups is 1. The molecule has 2 heterocycles. The molecule has 1 saturated heterocycles. The van der Waals surface area contributed by atoms with E-state index in [0.29, 0.717) is 11.5 Å². The van der Waals surface area contributed by atoms with Crippen LogP contribution in [0.5, 0.6) is 5.75 Å². The van der Waals surface area contributed by atoms with Crippen LogP contribution in [0, 0.1) is 10.1 Å². The van der Waals surface area contributed by atoms with Crippen LogP contribution in [0.15, 0.2) is 88.8 Å². The van der Waals surface area contributed by atoms with Crippen molar-refractivity contribution >= 4 is 40.3 Å². The molecule has 9 heteroatoms. The molecule has 0 saturated carbocycles. The van der Waals surface area contributed by atoms with Crippen LogP contribution in [0.3, 0.4) is 0 Å². The van der Waals surface area contributed by atoms with E-state index in [2.05, 4.69) is 14.8 Å². The van der Waals surface area contributed by atoms with Crippen LogP contribution >= 0.6 is 11.8 Å². The molecule has 0 aromatic heterocycles. The minimum Gasteiger partial charge on any atom is -0.489 e. The molecule has 36 heavy (non-hydrogen) atoms. The summed E-state index contributed by atoms with van der Waals surface area (Å²) < 4.78 is 5.84. The summed E-state index contributed by atoms with van der Waals surface area (Å²) in [5, 5.41) is 11.6. The molecule has 2 aliphatic rings. The van der Waals surface area contributed by atoms with Gasteiger partial charge in [0.25, 0.3) is 11.6 Å². The first-order valence-corrected chi connectivity index (χ1v) is 12.4. The zero-order chi connectivity index (χ0) is 24.9. The van der Waals surface area contributed by atoms with Crippen LogP contribution < -0.4 is 9.64 Å². The van der Waals surface area contributed by atoms with E-state index in [-0.39, 0.29) is 11.6 Å². The summed E-state index contributed by atoms with van der Waals surface area (Å²) in [5.74, 6) is 0.548. The van der Waals surface area contributed by atoms with Gasteiger partial charge in [-0.3, -0.25) is 14.9 Å². The van der Waals surface area contributed by atoms with E-state index < -0.39 is 4.92 Å². The molecule has 5 rings (SSSR count). The first-order chi connectivity index (χ1) is 17.5. The van der Waals surface area contributed by atoms with Gasteiger partial charge in [-0.15, -0.1) is 0 Å². The van der Waals surface area contributed by atoms with Gasteiger partial charge in [-0.05, 0) is 53.2 Å². The Morgan fingerprint density at radius 1 is 0.917 bits per heavy atom. The second kappa shape index (κ2) is 10.7. The van der Waals surface area contributed by atoms with Crippen molar-refractivity contribution in [2.75, 3.05) is 31.1 Å². The van der Waals surface area contributed by atoms with Gasteiger partial charge in [0, 0.05) is 44.0 Å². The predicted molar refractivity (Wildman–Crippen MR) is 142 cm³/mol. The fraction of sp³-hybridized carbons (Fsp3) is 0.185. The smallest absolute Gasteiger partial charge is 0.286 e. The van der Waals surface area contributed by atoms with E-state index >= 15 is 0 Å². The first kappa shape index (κ1) is 23.6. The van der Waals surface area contributed by atoms with Gasteiger partial charge in [-0.2, -0.15) is 4.99 Å². The molecule has 0 N–H and O–H groups in total. The fourth-order valence-corrected chi connectivity index (χ4v) is 4.99. The summed E-state index contributed by atoms with van der Waals surface area (Å²) in [4.78, 5) is 32.2. The highest BCUT2D eigenvalue weighted by Gasteiger charge is 2.28. The Morgan fingerprint density at radius 3 is 2.25 bits per heavy atom. The van der Waals surface area contributed by atoms with Gasteiger partial charge < -0.3 is 14.5 Å².